The number of carbonyl (C=O) groups excluding carboxylic acids is 1. The fourth-order valence-electron chi connectivity index (χ4n) is 0.526. The van der Waals surface area contributed by atoms with Crippen molar-refractivity contribution in [2.45, 2.75) is 12.8 Å². The Balaban J connectivity index is 2.95. The molecular formula is C7H14O2S2. The minimum absolute atomic E-state index is 0.122. The minimum atomic E-state index is -0.122. The predicted molar refractivity (Wildman–Crippen MR) is 52.4 cm³/mol. The molecule has 0 radical (unpaired) electrons. The number of esters is 1. The van der Waals surface area contributed by atoms with Crippen LogP contribution in [0.2, 0.25) is 0 Å². The highest BCUT2D eigenvalue weighted by Crippen LogP contribution is 2.05. The number of rotatable bonds is 6. The molecular weight excluding hydrogens is 180 g/mol. The van der Waals surface area contributed by atoms with E-state index in [9.17, 15) is 4.79 Å². The van der Waals surface area contributed by atoms with Crippen LogP contribution in [0.15, 0.2) is 0 Å². The third-order valence-electron chi connectivity index (χ3n) is 1.12. The van der Waals surface area contributed by atoms with E-state index in [2.05, 4.69) is 17.4 Å². The fraction of sp³-hybridized carbons (Fsp3) is 0.857. The molecule has 0 saturated carbocycles. The first-order valence-electron chi connectivity index (χ1n) is 3.56. The minimum Gasteiger partial charge on any atom is -0.469 e. The average Bonchev–Trinajstić information content (AvgIpc) is 2.04. The van der Waals surface area contributed by atoms with Crippen LogP contribution in [0, 0.1) is 0 Å². The molecule has 0 bridgehead atoms. The highest BCUT2D eigenvalue weighted by Gasteiger charge is 1.98. The summed E-state index contributed by atoms with van der Waals surface area (Å²) in [5, 5.41) is 0. The molecule has 0 aliphatic carbocycles. The molecule has 0 aromatic heterocycles. The molecule has 0 aliphatic rings. The Bertz CT molecular complexity index is 107. The van der Waals surface area contributed by atoms with Gasteiger partial charge in [0, 0.05) is 5.75 Å². The first-order valence-corrected chi connectivity index (χ1v) is 5.35. The first kappa shape index (κ1) is 11.2. The van der Waals surface area contributed by atoms with Crippen LogP contribution in [-0.4, -0.2) is 30.3 Å². The van der Waals surface area contributed by atoms with E-state index in [1.54, 1.807) is 11.8 Å². The van der Waals surface area contributed by atoms with Gasteiger partial charge < -0.3 is 4.74 Å². The van der Waals surface area contributed by atoms with Gasteiger partial charge in [-0.2, -0.15) is 24.4 Å². The Morgan fingerprint density at radius 3 is 2.82 bits per heavy atom. The lowest BCUT2D eigenvalue weighted by Gasteiger charge is -1.98. The number of methoxy groups -OCH3 is 1. The standard InChI is InChI=1S/C7H14O2S2/c1-9-7(8)3-6-11-5-2-4-10/h10H,2-6H2,1H3. The van der Waals surface area contributed by atoms with Gasteiger partial charge in [-0.25, -0.2) is 0 Å². The van der Waals surface area contributed by atoms with E-state index in [0.29, 0.717) is 6.42 Å². The summed E-state index contributed by atoms with van der Waals surface area (Å²) in [6.45, 7) is 0. The molecule has 0 N–H and O–H groups in total. The van der Waals surface area contributed by atoms with Crippen molar-refractivity contribution in [1.29, 1.82) is 0 Å². The molecule has 0 fully saturated rings. The summed E-state index contributed by atoms with van der Waals surface area (Å²) in [6.07, 6.45) is 1.63. The zero-order chi connectivity index (χ0) is 8.53. The van der Waals surface area contributed by atoms with E-state index in [4.69, 9.17) is 0 Å². The number of thioether (sulfide) groups is 1. The van der Waals surface area contributed by atoms with Crippen LogP contribution >= 0.6 is 24.4 Å². The second kappa shape index (κ2) is 8.27. The molecule has 0 heterocycles. The highest BCUT2D eigenvalue weighted by atomic mass is 32.2. The van der Waals surface area contributed by atoms with Crippen molar-refractivity contribution >= 4 is 30.4 Å². The Morgan fingerprint density at radius 1 is 1.55 bits per heavy atom. The predicted octanol–water partition coefficient (Wildman–Crippen LogP) is 1.60. The van der Waals surface area contributed by atoms with Gasteiger partial charge >= 0.3 is 5.97 Å². The second-order valence-electron chi connectivity index (χ2n) is 2.02. The van der Waals surface area contributed by atoms with Gasteiger partial charge in [0.25, 0.3) is 0 Å². The third kappa shape index (κ3) is 8.07. The molecule has 0 unspecified atom stereocenters. The van der Waals surface area contributed by atoms with Crippen LogP contribution < -0.4 is 0 Å². The lowest BCUT2D eigenvalue weighted by Crippen LogP contribution is -2.01. The second-order valence-corrected chi connectivity index (χ2v) is 3.69. The molecule has 0 aliphatic heterocycles. The zero-order valence-corrected chi connectivity index (χ0v) is 8.42. The molecule has 0 amide bonds. The van der Waals surface area contributed by atoms with Gasteiger partial charge in [0.15, 0.2) is 0 Å². The van der Waals surface area contributed by atoms with Gasteiger partial charge in [0.1, 0.15) is 0 Å². The maximum atomic E-state index is 10.6. The van der Waals surface area contributed by atoms with Crippen molar-refractivity contribution in [1.82, 2.24) is 0 Å². The van der Waals surface area contributed by atoms with Gasteiger partial charge in [0.2, 0.25) is 0 Å². The summed E-state index contributed by atoms with van der Waals surface area (Å²) in [5.41, 5.74) is 0. The maximum absolute atomic E-state index is 10.6. The Morgan fingerprint density at radius 2 is 2.27 bits per heavy atom. The van der Waals surface area contributed by atoms with Crippen molar-refractivity contribution < 1.29 is 9.53 Å². The van der Waals surface area contributed by atoms with Gasteiger partial charge in [-0.15, -0.1) is 0 Å². The molecule has 11 heavy (non-hydrogen) atoms. The van der Waals surface area contributed by atoms with Crippen LogP contribution in [0.1, 0.15) is 12.8 Å². The molecule has 66 valence electrons. The van der Waals surface area contributed by atoms with Gasteiger partial charge in [-0.1, -0.05) is 0 Å². The summed E-state index contributed by atoms with van der Waals surface area (Å²) in [4.78, 5) is 10.6. The number of thiol groups is 1. The van der Waals surface area contributed by atoms with E-state index in [-0.39, 0.29) is 5.97 Å². The summed E-state index contributed by atoms with van der Waals surface area (Å²) in [6, 6.07) is 0. The van der Waals surface area contributed by atoms with E-state index in [0.717, 1.165) is 23.7 Å². The lowest BCUT2D eigenvalue weighted by molar-refractivity contribution is -0.140. The lowest BCUT2D eigenvalue weighted by atomic mass is 10.5. The molecule has 0 aromatic rings. The Labute approximate surface area is 77.5 Å². The number of hydrogen-bond donors (Lipinski definition) is 1. The number of hydrogen-bond acceptors (Lipinski definition) is 4. The fourth-order valence-corrected chi connectivity index (χ4v) is 1.76. The topological polar surface area (TPSA) is 26.3 Å². The van der Waals surface area contributed by atoms with Crippen molar-refractivity contribution in [2.75, 3.05) is 24.4 Å². The van der Waals surface area contributed by atoms with Crippen LogP contribution in [0.25, 0.3) is 0 Å². The SMILES string of the molecule is COC(=O)CCSCCCS. The van der Waals surface area contributed by atoms with Crippen molar-refractivity contribution in [3.05, 3.63) is 0 Å². The first-order chi connectivity index (χ1) is 5.31. The molecule has 4 heteroatoms. The van der Waals surface area contributed by atoms with Gasteiger partial charge in [-0.05, 0) is 17.9 Å². The van der Waals surface area contributed by atoms with Crippen molar-refractivity contribution in [3.63, 3.8) is 0 Å². The largest absolute Gasteiger partial charge is 0.469 e. The summed E-state index contributed by atoms with van der Waals surface area (Å²) < 4.78 is 4.49. The summed E-state index contributed by atoms with van der Waals surface area (Å²) in [7, 11) is 1.42. The quantitative estimate of drug-likeness (QED) is 0.395. The number of ether oxygens (including phenoxy) is 1. The molecule has 0 spiro atoms. The van der Waals surface area contributed by atoms with Crippen LogP contribution in [0.4, 0.5) is 0 Å². The molecule has 0 aromatic carbocycles. The van der Waals surface area contributed by atoms with Crippen molar-refractivity contribution in [3.8, 4) is 0 Å². The van der Waals surface area contributed by atoms with Crippen molar-refractivity contribution in [2.24, 2.45) is 0 Å². The number of carbonyl (C=O) groups is 1. The third-order valence-corrected chi connectivity index (χ3v) is 2.51. The van der Waals surface area contributed by atoms with Crippen LogP contribution in [-0.2, 0) is 9.53 Å². The Kier molecular flexibility index (Phi) is 8.40. The van der Waals surface area contributed by atoms with Crippen LogP contribution in [0.5, 0.6) is 0 Å². The summed E-state index contributed by atoms with van der Waals surface area (Å²) in [5.74, 6) is 2.75. The molecule has 0 saturated heterocycles. The van der Waals surface area contributed by atoms with E-state index in [1.807, 2.05) is 0 Å². The monoisotopic (exact) mass is 194 g/mol. The zero-order valence-electron chi connectivity index (χ0n) is 6.71. The van der Waals surface area contributed by atoms with Gasteiger partial charge in [-0.3, -0.25) is 4.79 Å². The van der Waals surface area contributed by atoms with E-state index in [1.165, 1.54) is 7.11 Å². The van der Waals surface area contributed by atoms with Crippen LogP contribution in [0.3, 0.4) is 0 Å². The average molecular weight is 194 g/mol. The molecule has 2 nitrogen and oxygen atoms in total. The maximum Gasteiger partial charge on any atom is 0.306 e. The molecule has 0 rings (SSSR count). The Hall–Kier alpha value is 0.170. The van der Waals surface area contributed by atoms with Gasteiger partial charge in [0.05, 0.1) is 13.5 Å². The molecule has 0 atom stereocenters. The smallest absolute Gasteiger partial charge is 0.306 e. The van der Waals surface area contributed by atoms with E-state index >= 15 is 0 Å². The van der Waals surface area contributed by atoms with E-state index < -0.39 is 0 Å². The normalized spacial score (nSPS) is 9.64. The highest BCUT2D eigenvalue weighted by molar-refractivity contribution is 7.99. The summed E-state index contributed by atoms with van der Waals surface area (Å²) >= 11 is 5.85.